The molecule has 1 aliphatic rings. The van der Waals surface area contributed by atoms with E-state index in [0.29, 0.717) is 13.0 Å². The third-order valence-electron chi connectivity index (χ3n) is 2.45. The Morgan fingerprint density at radius 2 is 2.36 bits per heavy atom. The Bertz CT molecular complexity index is 378. The molecular formula is C10H10BrNO2. The van der Waals surface area contributed by atoms with Gasteiger partial charge in [-0.15, -0.1) is 0 Å². The molecule has 1 aliphatic heterocycles. The first-order valence-corrected chi connectivity index (χ1v) is 5.24. The summed E-state index contributed by atoms with van der Waals surface area (Å²) in [5, 5.41) is 12.2. The van der Waals surface area contributed by atoms with E-state index in [-0.39, 0.29) is 5.92 Å². The molecular weight excluding hydrogens is 246 g/mol. The molecule has 1 aromatic rings. The number of hydrogen-bond acceptors (Lipinski definition) is 2. The minimum absolute atomic E-state index is 0.372. The number of rotatable bonds is 1. The number of carboxylic acids is 1. The van der Waals surface area contributed by atoms with Crippen LogP contribution in [0.2, 0.25) is 0 Å². The van der Waals surface area contributed by atoms with E-state index in [1.54, 1.807) is 0 Å². The number of benzene rings is 1. The van der Waals surface area contributed by atoms with Crippen molar-refractivity contribution in [3.63, 3.8) is 0 Å². The fourth-order valence-corrected chi connectivity index (χ4v) is 2.29. The van der Waals surface area contributed by atoms with E-state index in [4.69, 9.17) is 5.11 Å². The average molecular weight is 256 g/mol. The minimum atomic E-state index is -0.745. The highest BCUT2D eigenvalue weighted by Gasteiger charge is 2.26. The SMILES string of the molecule is O=C(O)C1CCNc2c(Br)cccc21. The Morgan fingerprint density at radius 3 is 3.07 bits per heavy atom. The van der Waals surface area contributed by atoms with Crippen molar-refractivity contribution >= 4 is 27.6 Å². The third kappa shape index (κ3) is 1.50. The Kier molecular flexibility index (Phi) is 2.46. The van der Waals surface area contributed by atoms with E-state index in [2.05, 4.69) is 21.2 Å². The molecule has 0 aliphatic carbocycles. The lowest BCUT2D eigenvalue weighted by atomic mass is 9.91. The Labute approximate surface area is 90.3 Å². The third-order valence-corrected chi connectivity index (χ3v) is 3.11. The molecule has 0 saturated carbocycles. The van der Waals surface area contributed by atoms with Gasteiger partial charge in [-0.2, -0.15) is 0 Å². The number of carbonyl (C=O) groups is 1. The van der Waals surface area contributed by atoms with Gasteiger partial charge in [0.25, 0.3) is 0 Å². The van der Waals surface area contributed by atoms with Crippen LogP contribution in [0.1, 0.15) is 17.9 Å². The minimum Gasteiger partial charge on any atom is -0.481 e. The van der Waals surface area contributed by atoms with E-state index in [9.17, 15) is 4.79 Å². The second kappa shape index (κ2) is 3.61. The van der Waals surface area contributed by atoms with E-state index in [1.165, 1.54) is 0 Å². The summed E-state index contributed by atoms with van der Waals surface area (Å²) in [6, 6.07) is 5.65. The second-order valence-corrected chi connectivity index (χ2v) is 4.16. The normalized spacial score (nSPS) is 19.6. The van der Waals surface area contributed by atoms with E-state index < -0.39 is 5.97 Å². The predicted octanol–water partition coefficient (Wildman–Crippen LogP) is 2.43. The van der Waals surface area contributed by atoms with Crippen LogP contribution >= 0.6 is 15.9 Å². The zero-order valence-corrected chi connectivity index (χ0v) is 9.04. The van der Waals surface area contributed by atoms with Crippen LogP contribution in [0.3, 0.4) is 0 Å². The molecule has 0 fully saturated rings. The van der Waals surface area contributed by atoms with Crippen molar-refractivity contribution in [2.24, 2.45) is 0 Å². The summed E-state index contributed by atoms with van der Waals surface area (Å²) in [7, 11) is 0. The van der Waals surface area contributed by atoms with Gasteiger partial charge >= 0.3 is 5.97 Å². The van der Waals surface area contributed by atoms with Gasteiger partial charge < -0.3 is 10.4 Å². The maximum absolute atomic E-state index is 11.0. The number of anilines is 1. The van der Waals surface area contributed by atoms with Crippen LogP contribution < -0.4 is 5.32 Å². The molecule has 2 rings (SSSR count). The van der Waals surface area contributed by atoms with Gasteiger partial charge in [0.15, 0.2) is 0 Å². The molecule has 14 heavy (non-hydrogen) atoms. The highest BCUT2D eigenvalue weighted by molar-refractivity contribution is 9.10. The molecule has 1 atom stereocenters. The molecule has 0 radical (unpaired) electrons. The number of halogens is 1. The maximum atomic E-state index is 11.0. The Morgan fingerprint density at radius 1 is 1.57 bits per heavy atom. The molecule has 0 spiro atoms. The summed E-state index contributed by atoms with van der Waals surface area (Å²) in [5.41, 5.74) is 1.80. The van der Waals surface area contributed by atoms with Gasteiger partial charge in [-0.3, -0.25) is 4.79 Å². The Hall–Kier alpha value is -1.03. The zero-order valence-electron chi connectivity index (χ0n) is 7.46. The summed E-state index contributed by atoms with van der Waals surface area (Å²) in [6.07, 6.45) is 0.652. The average Bonchev–Trinajstić information content (AvgIpc) is 2.17. The van der Waals surface area contributed by atoms with Crippen molar-refractivity contribution in [1.29, 1.82) is 0 Å². The fraction of sp³-hybridized carbons (Fsp3) is 0.300. The topological polar surface area (TPSA) is 49.3 Å². The van der Waals surface area contributed by atoms with Gasteiger partial charge in [0, 0.05) is 11.0 Å². The smallest absolute Gasteiger partial charge is 0.311 e. The summed E-state index contributed by atoms with van der Waals surface area (Å²) in [5.74, 6) is -1.12. The van der Waals surface area contributed by atoms with Gasteiger partial charge in [-0.1, -0.05) is 12.1 Å². The molecule has 2 N–H and O–H groups in total. The molecule has 0 saturated heterocycles. The number of nitrogens with one attached hydrogen (secondary N) is 1. The zero-order chi connectivity index (χ0) is 10.1. The van der Waals surface area contributed by atoms with Crippen LogP contribution in [0.5, 0.6) is 0 Å². The van der Waals surface area contributed by atoms with Crippen LogP contribution in [0.4, 0.5) is 5.69 Å². The molecule has 0 bridgehead atoms. The summed E-state index contributed by atoms with van der Waals surface area (Å²) in [4.78, 5) is 11.0. The van der Waals surface area contributed by atoms with Crippen LogP contribution in [0.25, 0.3) is 0 Å². The van der Waals surface area contributed by atoms with Crippen molar-refractivity contribution in [1.82, 2.24) is 0 Å². The van der Waals surface area contributed by atoms with E-state index >= 15 is 0 Å². The number of para-hydroxylation sites is 1. The van der Waals surface area contributed by atoms with Crippen molar-refractivity contribution in [3.8, 4) is 0 Å². The molecule has 1 unspecified atom stereocenters. The van der Waals surface area contributed by atoms with Crippen molar-refractivity contribution in [2.45, 2.75) is 12.3 Å². The lowest BCUT2D eigenvalue weighted by Gasteiger charge is -2.24. The van der Waals surface area contributed by atoms with Crippen LogP contribution in [0.15, 0.2) is 22.7 Å². The van der Waals surface area contributed by atoms with Gasteiger partial charge in [0.1, 0.15) is 0 Å². The molecule has 1 aromatic carbocycles. The van der Waals surface area contributed by atoms with E-state index in [0.717, 1.165) is 15.7 Å². The molecule has 3 nitrogen and oxygen atoms in total. The fourth-order valence-electron chi connectivity index (χ4n) is 1.77. The highest BCUT2D eigenvalue weighted by atomic mass is 79.9. The monoisotopic (exact) mass is 255 g/mol. The van der Waals surface area contributed by atoms with Crippen LogP contribution in [0, 0.1) is 0 Å². The first-order chi connectivity index (χ1) is 6.70. The number of carboxylic acid groups (broad SMARTS) is 1. The van der Waals surface area contributed by atoms with Crippen molar-refractivity contribution in [2.75, 3.05) is 11.9 Å². The van der Waals surface area contributed by atoms with E-state index in [1.807, 2.05) is 18.2 Å². The molecule has 1 heterocycles. The van der Waals surface area contributed by atoms with Crippen LogP contribution in [-0.2, 0) is 4.79 Å². The van der Waals surface area contributed by atoms with Gasteiger partial charge in [0.2, 0.25) is 0 Å². The summed E-state index contributed by atoms with van der Waals surface area (Å²) < 4.78 is 0.931. The lowest BCUT2D eigenvalue weighted by Crippen LogP contribution is -2.22. The van der Waals surface area contributed by atoms with Crippen molar-refractivity contribution in [3.05, 3.63) is 28.2 Å². The first-order valence-electron chi connectivity index (χ1n) is 4.45. The van der Waals surface area contributed by atoms with Gasteiger partial charge in [0.05, 0.1) is 11.6 Å². The highest BCUT2D eigenvalue weighted by Crippen LogP contribution is 2.36. The van der Waals surface area contributed by atoms with Gasteiger partial charge in [-0.05, 0) is 34.0 Å². The maximum Gasteiger partial charge on any atom is 0.311 e. The molecule has 4 heteroatoms. The first kappa shape index (κ1) is 9.52. The molecule has 0 amide bonds. The summed E-state index contributed by atoms with van der Waals surface area (Å²) >= 11 is 3.40. The predicted molar refractivity (Wildman–Crippen MR) is 57.6 cm³/mol. The van der Waals surface area contributed by atoms with Crippen LogP contribution in [-0.4, -0.2) is 17.6 Å². The second-order valence-electron chi connectivity index (χ2n) is 3.31. The lowest BCUT2D eigenvalue weighted by molar-refractivity contribution is -0.138. The van der Waals surface area contributed by atoms with Crippen molar-refractivity contribution < 1.29 is 9.90 Å². The number of fused-ring (bicyclic) bond motifs is 1. The standard InChI is InChI=1S/C10H10BrNO2/c11-8-3-1-2-6-7(10(13)14)4-5-12-9(6)8/h1-3,7,12H,4-5H2,(H,13,14). The summed E-state index contributed by atoms with van der Waals surface area (Å²) in [6.45, 7) is 0.715. The quantitative estimate of drug-likeness (QED) is 0.811. The number of hydrogen-bond donors (Lipinski definition) is 2. The molecule has 0 aromatic heterocycles. The largest absolute Gasteiger partial charge is 0.481 e. The number of aliphatic carboxylic acids is 1. The molecule has 74 valence electrons. The Balaban J connectivity index is 2.49. The van der Waals surface area contributed by atoms with Gasteiger partial charge in [-0.25, -0.2) is 0 Å².